The molecule has 2 heteroatoms. The molecule has 0 heterocycles. The normalized spacial score (nSPS) is 13.6. The van der Waals surface area contributed by atoms with Crippen molar-refractivity contribution in [2.75, 3.05) is 13.7 Å². The van der Waals surface area contributed by atoms with E-state index in [1.54, 1.807) is 7.11 Å². The average molecular weight is 221 g/mol. The Morgan fingerprint density at radius 3 is 2.44 bits per heavy atom. The number of rotatable bonds is 4. The molecule has 2 nitrogen and oxygen atoms in total. The Morgan fingerprint density at radius 1 is 1.25 bits per heavy atom. The Balaban J connectivity index is 2.69. The molecule has 1 rings (SSSR count). The highest BCUT2D eigenvalue weighted by molar-refractivity contribution is 5.35. The van der Waals surface area contributed by atoms with Crippen LogP contribution in [0, 0.1) is 5.41 Å². The summed E-state index contributed by atoms with van der Waals surface area (Å²) < 4.78 is 5.36. The quantitative estimate of drug-likeness (QED) is 0.841. The molecule has 0 radical (unpaired) electrons. The first-order chi connectivity index (χ1) is 7.44. The summed E-state index contributed by atoms with van der Waals surface area (Å²) in [5, 5.41) is 3.53. The SMILES string of the molecule is COc1ccccc1[C@H](C)NCC(C)(C)C. The molecule has 16 heavy (non-hydrogen) atoms. The Hall–Kier alpha value is -1.02. The zero-order chi connectivity index (χ0) is 12.2. The standard InChI is InChI=1S/C14H23NO/c1-11(15-10-14(2,3)4)12-8-6-7-9-13(12)16-5/h6-9,11,15H,10H2,1-5H3/t11-/m0/s1. The summed E-state index contributed by atoms with van der Waals surface area (Å²) in [4.78, 5) is 0. The van der Waals surface area contributed by atoms with E-state index in [2.05, 4.69) is 39.1 Å². The number of methoxy groups -OCH3 is 1. The van der Waals surface area contributed by atoms with E-state index in [9.17, 15) is 0 Å². The predicted molar refractivity (Wildman–Crippen MR) is 68.9 cm³/mol. The Labute approximate surface area is 99.0 Å². The summed E-state index contributed by atoms with van der Waals surface area (Å²) >= 11 is 0. The molecule has 0 aliphatic carbocycles. The monoisotopic (exact) mass is 221 g/mol. The summed E-state index contributed by atoms with van der Waals surface area (Å²) in [7, 11) is 1.72. The van der Waals surface area contributed by atoms with Crippen molar-refractivity contribution >= 4 is 0 Å². The smallest absolute Gasteiger partial charge is 0.123 e. The lowest BCUT2D eigenvalue weighted by molar-refractivity contribution is 0.351. The number of hydrogen-bond donors (Lipinski definition) is 1. The van der Waals surface area contributed by atoms with Gasteiger partial charge in [-0.2, -0.15) is 0 Å². The molecular formula is C14H23NO. The third kappa shape index (κ3) is 3.86. The van der Waals surface area contributed by atoms with Crippen LogP contribution in [-0.2, 0) is 0 Å². The fraction of sp³-hybridized carbons (Fsp3) is 0.571. The van der Waals surface area contributed by atoms with Gasteiger partial charge in [0, 0.05) is 18.2 Å². The number of hydrogen-bond acceptors (Lipinski definition) is 2. The topological polar surface area (TPSA) is 21.3 Å². The van der Waals surface area contributed by atoms with Crippen LogP contribution < -0.4 is 10.1 Å². The van der Waals surface area contributed by atoms with Crippen molar-refractivity contribution in [2.45, 2.75) is 33.7 Å². The van der Waals surface area contributed by atoms with Crippen LogP contribution in [0.4, 0.5) is 0 Å². The maximum atomic E-state index is 5.36. The highest BCUT2D eigenvalue weighted by Gasteiger charge is 2.14. The summed E-state index contributed by atoms with van der Waals surface area (Å²) in [6.07, 6.45) is 0. The zero-order valence-corrected chi connectivity index (χ0v) is 11.0. The number of ether oxygens (including phenoxy) is 1. The van der Waals surface area contributed by atoms with Gasteiger partial charge in [0.1, 0.15) is 5.75 Å². The van der Waals surface area contributed by atoms with Crippen molar-refractivity contribution in [3.8, 4) is 5.75 Å². The lowest BCUT2D eigenvalue weighted by atomic mass is 9.96. The molecule has 0 bridgehead atoms. The van der Waals surface area contributed by atoms with Gasteiger partial charge in [-0.25, -0.2) is 0 Å². The molecular weight excluding hydrogens is 198 g/mol. The largest absolute Gasteiger partial charge is 0.496 e. The van der Waals surface area contributed by atoms with E-state index in [-0.39, 0.29) is 0 Å². The van der Waals surface area contributed by atoms with E-state index in [0.29, 0.717) is 11.5 Å². The summed E-state index contributed by atoms with van der Waals surface area (Å²) in [5.74, 6) is 0.955. The van der Waals surface area contributed by atoms with Crippen LogP contribution in [0.2, 0.25) is 0 Å². The first kappa shape index (κ1) is 13.0. The molecule has 0 saturated heterocycles. The number of benzene rings is 1. The molecule has 90 valence electrons. The van der Waals surface area contributed by atoms with Gasteiger partial charge in [-0.1, -0.05) is 39.0 Å². The molecule has 1 aromatic rings. The molecule has 0 aliphatic rings. The van der Waals surface area contributed by atoms with Gasteiger partial charge in [-0.15, -0.1) is 0 Å². The number of para-hydroxylation sites is 1. The van der Waals surface area contributed by atoms with Crippen LogP contribution in [0.1, 0.15) is 39.3 Å². The molecule has 1 atom stereocenters. The van der Waals surface area contributed by atoms with Crippen molar-refractivity contribution < 1.29 is 4.74 Å². The Bertz CT molecular complexity index is 328. The van der Waals surface area contributed by atoms with Gasteiger partial charge in [0.2, 0.25) is 0 Å². The van der Waals surface area contributed by atoms with Gasteiger partial charge in [0.25, 0.3) is 0 Å². The summed E-state index contributed by atoms with van der Waals surface area (Å²) in [6, 6.07) is 8.48. The molecule has 0 fully saturated rings. The Kier molecular flexibility index (Phi) is 4.36. The zero-order valence-electron chi connectivity index (χ0n) is 11.0. The highest BCUT2D eigenvalue weighted by atomic mass is 16.5. The van der Waals surface area contributed by atoms with Gasteiger partial charge in [-0.3, -0.25) is 0 Å². The maximum absolute atomic E-state index is 5.36. The van der Waals surface area contributed by atoms with Crippen LogP contribution in [0.25, 0.3) is 0 Å². The predicted octanol–water partition coefficient (Wildman–Crippen LogP) is 3.39. The lowest BCUT2D eigenvalue weighted by Gasteiger charge is -2.23. The number of nitrogens with one attached hydrogen (secondary N) is 1. The van der Waals surface area contributed by atoms with Crippen molar-refractivity contribution in [3.63, 3.8) is 0 Å². The molecule has 0 saturated carbocycles. The van der Waals surface area contributed by atoms with Crippen LogP contribution in [0.15, 0.2) is 24.3 Å². The molecule has 0 amide bonds. The fourth-order valence-corrected chi connectivity index (χ4v) is 1.59. The van der Waals surface area contributed by atoms with E-state index >= 15 is 0 Å². The minimum atomic E-state index is 0.302. The molecule has 1 aromatic carbocycles. The van der Waals surface area contributed by atoms with E-state index < -0.39 is 0 Å². The minimum Gasteiger partial charge on any atom is -0.496 e. The minimum absolute atomic E-state index is 0.302. The van der Waals surface area contributed by atoms with Crippen molar-refractivity contribution in [1.82, 2.24) is 5.32 Å². The van der Waals surface area contributed by atoms with Crippen LogP contribution >= 0.6 is 0 Å². The first-order valence-corrected chi connectivity index (χ1v) is 5.80. The maximum Gasteiger partial charge on any atom is 0.123 e. The van der Waals surface area contributed by atoms with Crippen molar-refractivity contribution in [1.29, 1.82) is 0 Å². The van der Waals surface area contributed by atoms with Gasteiger partial charge >= 0.3 is 0 Å². The lowest BCUT2D eigenvalue weighted by Crippen LogP contribution is -2.29. The van der Waals surface area contributed by atoms with Gasteiger partial charge in [0.05, 0.1) is 7.11 Å². The molecule has 0 spiro atoms. The molecule has 0 aliphatic heterocycles. The third-order valence-electron chi connectivity index (χ3n) is 2.54. The first-order valence-electron chi connectivity index (χ1n) is 5.80. The highest BCUT2D eigenvalue weighted by Crippen LogP contribution is 2.25. The van der Waals surface area contributed by atoms with Crippen molar-refractivity contribution in [3.05, 3.63) is 29.8 Å². The average Bonchev–Trinajstić information content (AvgIpc) is 2.25. The molecule has 0 aromatic heterocycles. The second-order valence-electron chi connectivity index (χ2n) is 5.41. The van der Waals surface area contributed by atoms with Crippen LogP contribution in [-0.4, -0.2) is 13.7 Å². The fourth-order valence-electron chi connectivity index (χ4n) is 1.59. The molecule has 0 unspecified atom stereocenters. The third-order valence-corrected chi connectivity index (χ3v) is 2.54. The van der Waals surface area contributed by atoms with Crippen LogP contribution in [0.3, 0.4) is 0 Å². The second kappa shape index (κ2) is 5.35. The summed E-state index contributed by atoms with van der Waals surface area (Å²) in [5.41, 5.74) is 1.52. The van der Waals surface area contributed by atoms with E-state index in [1.807, 2.05) is 18.2 Å². The summed E-state index contributed by atoms with van der Waals surface area (Å²) in [6.45, 7) is 9.86. The van der Waals surface area contributed by atoms with E-state index in [0.717, 1.165) is 12.3 Å². The Morgan fingerprint density at radius 2 is 1.88 bits per heavy atom. The van der Waals surface area contributed by atoms with Crippen LogP contribution in [0.5, 0.6) is 5.75 Å². The van der Waals surface area contributed by atoms with Gasteiger partial charge in [-0.05, 0) is 18.4 Å². The second-order valence-corrected chi connectivity index (χ2v) is 5.41. The molecule has 1 N–H and O–H groups in total. The van der Waals surface area contributed by atoms with E-state index in [1.165, 1.54) is 5.56 Å². The van der Waals surface area contributed by atoms with Gasteiger partial charge < -0.3 is 10.1 Å². The van der Waals surface area contributed by atoms with Gasteiger partial charge in [0.15, 0.2) is 0 Å². The van der Waals surface area contributed by atoms with E-state index in [4.69, 9.17) is 4.74 Å². The van der Waals surface area contributed by atoms with Crippen molar-refractivity contribution in [2.24, 2.45) is 5.41 Å².